The van der Waals surface area contributed by atoms with Gasteiger partial charge in [0.15, 0.2) is 5.96 Å². The number of carbonyl (C=O) groups excluding carboxylic acids is 1. The van der Waals surface area contributed by atoms with Crippen LogP contribution in [-0.2, 0) is 4.79 Å². The Hall–Kier alpha value is -0.220. The number of guanidine groups is 1. The summed E-state index contributed by atoms with van der Waals surface area (Å²) in [5.41, 5.74) is 5.96. The van der Waals surface area contributed by atoms with Crippen LogP contribution in [0.4, 0.5) is 0 Å². The molecule has 3 N–H and O–H groups in total. The number of nitrogens with one attached hydrogen (secondary N) is 1. The van der Waals surface area contributed by atoms with Crippen molar-refractivity contribution in [2.75, 3.05) is 50.8 Å². The first kappa shape index (κ1) is 22.8. The van der Waals surface area contributed by atoms with Crippen LogP contribution in [0.25, 0.3) is 0 Å². The van der Waals surface area contributed by atoms with Gasteiger partial charge in [0.1, 0.15) is 0 Å². The van der Waals surface area contributed by atoms with E-state index in [4.69, 9.17) is 5.73 Å². The molecule has 0 spiro atoms. The Morgan fingerprint density at radius 1 is 1.20 bits per heavy atom. The Labute approximate surface area is 173 Å². The summed E-state index contributed by atoms with van der Waals surface area (Å²) >= 11 is 1.98. The van der Waals surface area contributed by atoms with E-state index in [0.717, 1.165) is 57.1 Å². The van der Waals surface area contributed by atoms with Gasteiger partial charge in [0, 0.05) is 36.7 Å². The zero-order chi connectivity index (χ0) is 17.6. The van der Waals surface area contributed by atoms with Crippen LogP contribution in [0.15, 0.2) is 4.99 Å². The summed E-state index contributed by atoms with van der Waals surface area (Å²) in [7, 11) is 0. The van der Waals surface area contributed by atoms with Crippen molar-refractivity contribution in [3.05, 3.63) is 0 Å². The normalized spacial score (nSPS) is 20.9. The van der Waals surface area contributed by atoms with Crippen LogP contribution in [0.2, 0.25) is 0 Å². The first-order chi connectivity index (χ1) is 11.3. The smallest absolute Gasteiger partial charge is 0.234 e. The molecule has 0 unspecified atom stereocenters. The molecule has 0 aromatic carbocycles. The highest BCUT2D eigenvalue weighted by Crippen LogP contribution is 2.17. The summed E-state index contributed by atoms with van der Waals surface area (Å²) in [5.74, 6) is 3.70. The zero-order valence-electron chi connectivity index (χ0n) is 15.8. The number of carbonyl (C=O) groups is 1. The number of hydrogen-bond donors (Lipinski definition) is 2. The maximum Gasteiger partial charge on any atom is 0.234 e. The summed E-state index contributed by atoms with van der Waals surface area (Å²) < 4.78 is 0. The Balaban J connectivity index is 0.00000312. The van der Waals surface area contributed by atoms with E-state index in [1.165, 1.54) is 0 Å². The summed E-state index contributed by atoms with van der Waals surface area (Å²) in [5, 5.41) is 3.03. The molecule has 0 aliphatic carbocycles. The minimum absolute atomic E-state index is 0. The molecule has 2 fully saturated rings. The molecular formula is C17H34IN5OS. The fourth-order valence-corrected chi connectivity index (χ4v) is 4.01. The molecule has 2 heterocycles. The molecule has 2 aliphatic heterocycles. The van der Waals surface area contributed by atoms with E-state index in [-0.39, 0.29) is 35.4 Å². The van der Waals surface area contributed by atoms with Crippen molar-refractivity contribution in [2.45, 2.75) is 39.2 Å². The number of halogens is 1. The van der Waals surface area contributed by atoms with Gasteiger partial charge < -0.3 is 16.0 Å². The maximum absolute atomic E-state index is 12.0. The van der Waals surface area contributed by atoms with Crippen LogP contribution in [0.5, 0.6) is 0 Å². The van der Waals surface area contributed by atoms with Gasteiger partial charge in [-0.25, -0.2) is 0 Å². The van der Waals surface area contributed by atoms with Gasteiger partial charge in [0.25, 0.3) is 0 Å². The SMILES string of the molecule is CC(C)(C)NC(=O)CN1CCC(CN=C(N)N2CCSCC2)CC1.I. The standard InChI is InChI=1S/C17H33N5OS.HI/c1-17(2,3)20-15(23)13-21-6-4-14(5-7-21)12-19-16(18)22-8-10-24-11-9-22;/h14H,4-13H2,1-3H3,(H2,18,19)(H,20,23);1H. The van der Waals surface area contributed by atoms with E-state index < -0.39 is 0 Å². The topological polar surface area (TPSA) is 74.0 Å². The number of likely N-dealkylation sites (tertiary alicyclic amines) is 1. The molecular weight excluding hydrogens is 449 g/mol. The van der Waals surface area contributed by atoms with Crippen LogP contribution in [0.1, 0.15) is 33.6 Å². The second-order valence-electron chi connectivity index (χ2n) is 7.82. The third kappa shape index (κ3) is 8.81. The number of rotatable bonds is 4. The van der Waals surface area contributed by atoms with Crippen molar-refractivity contribution < 1.29 is 4.79 Å². The molecule has 1 amide bonds. The second-order valence-corrected chi connectivity index (χ2v) is 9.04. The van der Waals surface area contributed by atoms with Crippen LogP contribution in [-0.4, -0.2) is 78.0 Å². The van der Waals surface area contributed by atoms with E-state index in [1.54, 1.807) is 0 Å². The van der Waals surface area contributed by atoms with Gasteiger partial charge in [0.2, 0.25) is 5.91 Å². The summed E-state index contributed by atoms with van der Waals surface area (Å²) in [6, 6.07) is 0. The van der Waals surface area contributed by atoms with Crippen molar-refractivity contribution in [1.82, 2.24) is 15.1 Å². The Kier molecular flexibility index (Phi) is 9.87. The highest BCUT2D eigenvalue weighted by atomic mass is 127. The second kappa shape index (κ2) is 10.8. The number of nitrogens with zero attached hydrogens (tertiary/aromatic N) is 3. The molecule has 0 aromatic heterocycles. The molecule has 2 aliphatic rings. The molecule has 0 atom stereocenters. The quantitative estimate of drug-likeness (QED) is 0.361. The molecule has 8 heteroatoms. The molecule has 0 saturated carbocycles. The fourth-order valence-electron chi connectivity index (χ4n) is 3.10. The molecule has 6 nitrogen and oxygen atoms in total. The Morgan fingerprint density at radius 3 is 2.36 bits per heavy atom. The van der Waals surface area contributed by atoms with Gasteiger partial charge in [-0.15, -0.1) is 24.0 Å². The van der Waals surface area contributed by atoms with Crippen molar-refractivity contribution in [1.29, 1.82) is 0 Å². The third-order valence-electron chi connectivity index (χ3n) is 4.44. The average molecular weight is 483 g/mol. The van der Waals surface area contributed by atoms with Gasteiger partial charge in [-0.3, -0.25) is 14.7 Å². The number of thioether (sulfide) groups is 1. The molecule has 0 radical (unpaired) electrons. The van der Waals surface area contributed by atoms with Gasteiger partial charge in [0.05, 0.1) is 6.54 Å². The highest BCUT2D eigenvalue weighted by molar-refractivity contribution is 14.0. The van der Waals surface area contributed by atoms with E-state index in [2.05, 4.69) is 20.1 Å². The number of nitrogens with two attached hydrogens (primary N) is 1. The van der Waals surface area contributed by atoms with Gasteiger partial charge >= 0.3 is 0 Å². The van der Waals surface area contributed by atoms with Crippen molar-refractivity contribution in [3.8, 4) is 0 Å². The number of amides is 1. The molecule has 0 aromatic rings. The van der Waals surface area contributed by atoms with Crippen LogP contribution < -0.4 is 11.1 Å². The minimum atomic E-state index is -0.158. The Morgan fingerprint density at radius 2 is 1.80 bits per heavy atom. The number of hydrogen-bond acceptors (Lipinski definition) is 4. The lowest BCUT2D eigenvalue weighted by Gasteiger charge is -2.32. The van der Waals surface area contributed by atoms with E-state index in [0.29, 0.717) is 18.4 Å². The van der Waals surface area contributed by atoms with Crippen LogP contribution >= 0.6 is 35.7 Å². The van der Waals surface area contributed by atoms with E-state index in [1.807, 2.05) is 32.5 Å². The first-order valence-corrected chi connectivity index (χ1v) is 10.1. The number of piperidine rings is 1. The molecule has 2 saturated heterocycles. The molecule has 0 bridgehead atoms. The van der Waals surface area contributed by atoms with Crippen molar-refractivity contribution in [2.24, 2.45) is 16.6 Å². The van der Waals surface area contributed by atoms with Gasteiger partial charge in [-0.05, 0) is 52.6 Å². The van der Waals surface area contributed by atoms with Crippen LogP contribution in [0, 0.1) is 5.92 Å². The summed E-state index contributed by atoms with van der Waals surface area (Å²) in [6.07, 6.45) is 2.19. The van der Waals surface area contributed by atoms with E-state index in [9.17, 15) is 4.79 Å². The zero-order valence-corrected chi connectivity index (χ0v) is 18.9. The first-order valence-electron chi connectivity index (χ1n) is 8.99. The average Bonchev–Trinajstić information content (AvgIpc) is 2.53. The predicted molar refractivity (Wildman–Crippen MR) is 118 cm³/mol. The minimum Gasteiger partial charge on any atom is -0.370 e. The lowest BCUT2D eigenvalue weighted by Crippen LogP contribution is -2.47. The lowest BCUT2D eigenvalue weighted by molar-refractivity contribution is -0.124. The molecule has 146 valence electrons. The van der Waals surface area contributed by atoms with Crippen LogP contribution in [0.3, 0.4) is 0 Å². The van der Waals surface area contributed by atoms with Gasteiger partial charge in [-0.1, -0.05) is 0 Å². The Bertz CT molecular complexity index is 441. The third-order valence-corrected chi connectivity index (χ3v) is 5.38. The van der Waals surface area contributed by atoms with Crippen molar-refractivity contribution in [3.63, 3.8) is 0 Å². The highest BCUT2D eigenvalue weighted by Gasteiger charge is 2.22. The number of aliphatic imine (C=N–C) groups is 1. The van der Waals surface area contributed by atoms with Crippen molar-refractivity contribution >= 4 is 47.6 Å². The lowest BCUT2D eigenvalue weighted by atomic mass is 9.97. The molecule has 2 rings (SSSR count). The molecule has 25 heavy (non-hydrogen) atoms. The maximum atomic E-state index is 12.0. The fraction of sp³-hybridized carbons (Fsp3) is 0.882. The monoisotopic (exact) mass is 483 g/mol. The summed E-state index contributed by atoms with van der Waals surface area (Å²) in [4.78, 5) is 21.1. The predicted octanol–water partition coefficient (Wildman–Crippen LogP) is 1.59. The summed E-state index contributed by atoms with van der Waals surface area (Å²) in [6.45, 7) is 11.3. The van der Waals surface area contributed by atoms with Gasteiger partial charge in [-0.2, -0.15) is 11.8 Å². The largest absolute Gasteiger partial charge is 0.370 e. The van der Waals surface area contributed by atoms with E-state index >= 15 is 0 Å².